The summed E-state index contributed by atoms with van der Waals surface area (Å²) in [6, 6.07) is 3.78. The maximum Gasteiger partial charge on any atom is 1.00 e. The molecule has 0 bridgehead atoms. The van der Waals surface area contributed by atoms with E-state index in [-0.39, 0.29) is 62.3 Å². The summed E-state index contributed by atoms with van der Waals surface area (Å²) in [5.74, 6) is 8.54. The molecule has 2 aromatic heterocycles. The number of fused-ring (bicyclic) bond motifs is 10. The Bertz CT molecular complexity index is 1850. The zero-order valence-corrected chi connectivity index (χ0v) is 42.5. The van der Waals surface area contributed by atoms with Crippen LogP contribution in [0.25, 0.3) is 0 Å². The van der Waals surface area contributed by atoms with Crippen LogP contribution in [0.2, 0.25) is 0 Å². The van der Waals surface area contributed by atoms with E-state index in [0.29, 0.717) is 17.6 Å². The number of carbonyl (C=O) groups excluding carboxylic acids is 2. The smallest absolute Gasteiger partial charge is 0.390 e. The maximum atomic E-state index is 13.4. The van der Waals surface area contributed by atoms with E-state index in [0.717, 1.165) is 98.0 Å². The Morgan fingerprint density at radius 2 is 1.19 bits per heavy atom. The zero-order valence-electron chi connectivity index (χ0n) is 42.5. The molecule has 8 saturated carbocycles. The van der Waals surface area contributed by atoms with Gasteiger partial charge in [-0.25, -0.2) is 5.06 Å². The van der Waals surface area contributed by atoms with Crippen LogP contribution in [-0.4, -0.2) is 71.9 Å². The van der Waals surface area contributed by atoms with Gasteiger partial charge >= 0.3 is 18.9 Å². The van der Waals surface area contributed by atoms with Crippen molar-refractivity contribution in [2.24, 2.45) is 95.9 Å². The fourth-order valence-corrected chi connectivity index (χ4v) is 16.4. The average Bonchev–Trinajstić information content (AvgIpc) is 4.08. The third kappa shape index (κ3) is 11.9. The van der Waals surface area contributed by atoms with Crippen molar-refractivity contribution >= 4 is 11.7 Å². The van der Waals surface area contributed by atoms with Gasteiger partial charge in [-0.15, -0.1) is 0 Å². The van der Waals surface area contributed by atoms with Crippen LogP contribution in [0.1, 0.15) is 188 Å². The number of unbranched alkanes of at least 4 members (excludes halogenated alkanes) is 1. The molecule has 67 heavy (non-hydrogen) atoms. The van der Waals surface area contributed by atoms with Crippen LogP contribution in [0.5, 0.6) is 0 Å². The number of rotatable bonds is 5. The number of aryl methyl sites for hydroxylation is 2. The minimum atomic E-state index is -0.439. The van der Waals surface area contributed by atoms with Gasteiger partial charge in [0.2, 0.25) is 5.91 Å². The zero-order chi connectivity index (χ0) is 46.2. The second kappa shape index (κ2) is 23.5. The molecule has 0 aromatic carbocycles. The number of aliphatic hydroxyl groups is 2. The number of ketones is 1. The number of hydroxylamine groups is 2. The second-order valence-corrected chi connectivity index (χ2v) is 23.5. The van der Waals surface area contributed by atoms with E-state index in [2.05, 4.69) is 37.9 Å². The summed E-state index contributed by atoms with van der Waals surface area (Å²) in [6.45, 7) is 14.6. The van der Waals surface area contributed by atoms with Gasteiger partial charge in [0.25, 0.3) is 0 Å². The van der Waals surface area contributed by atoms with Crippen molar-refractivity contribution in [3.8, 4) is 0 Å². The molecular weight excluding hydrogens is 830 g/mol. The molecule has 10 rings (SSSR count). The Morgan fingerprint density at radius 1 is 0.716 bits per heavy atom. The SMILES string of the molecule is C.C.CON(C)C(=O)[C@H]1CC[C@H]2[C@@H]3CC[C@@H]4C[C@](C)(O)CC[C@@H]4[C@H]3CC[C@]12C.Cn1cccn1.Cn1nccc1C(=O)[C@H]1CC[C@H]2[C@@H]3CC[C@@H]4C[C@](C)(O)CC[C@@H]4[C@H]3CC[C@]12C.[CH2-]CCC.[Li+]. The quantitative estimate of drug-likeness (QED) is 0.133. The third-order valence-electron chi connectivity index (χ3n) is 19.7. The molecule has 0 radical (unpaired) electrons. The van der Waals surface area contributed by atoms with Crippen LogP contribution in [0.15, 0.2) is 30.7 Å². The molecule has 0 aliphatic heterocycles. The van der Waals surface area contributed by atoms with Crippen molar-refractivity contribution in [3.63, 3.8) is 0 Å². The molecule has 2 aromatic rings. The molecule has 0 spiro atoms. The van der Waals surface area contributed by atoms with Gasteiger partial charge in [-0.2, -0.15) is 16.6 Å². The minimum absolute atomic E-state index is 0. The molecule has 8 fully saturated rings. The van der Waals surface area contributed by atoms with Gasteiger partial charge in [0.15, 0.2) is 5.78 Å². The standard InChI is InChI=1S/C24H36N2O2.C22H37NO3.C4H6N2.C4H9.2CH4.Li/c1-23(28)11-8-16-15(14-23)4-5-18-17(16)9-12-24(2)19(18)6-7-20(24)22(27)21-10-13-25-26(21)3;1-21(25)11-9-15-14(13-21)5-6-17-16(15)10-12-22(2)18(17)7-8-19(22)20(24)23(3)26-4;1-6-4-2-3-5-6;1-3-4-2;;;/h10,13,15-20,28H,4-9,11-12,14H2,1-3H3;14-19,25H,5-13H2,1-4H3;2-4H,1H3;1,3-4H2,2H3;2*1H4;/q;;;-1;;;+1/t15-,16+,17-,18-,19+,20-,23-,24+;14-,15+,16-,17-,18+,19-,21-,22+;;;;;/m11...../s1. The van der Waals surface area contributed by atoms with Crippen LogP contribution in [0.4, 0.5) is 0 Å². The molecule has 0 saturated heterocycles. The molecule has 16 atom stereocenters. The summed E-state index contributed by atoms with van der Waals surface area (Å²) in [4.78, 5) is 31.4. The van der Waals surface area contributed by atoms with Crippen molar-refractivity contribution in [1.29, 1.82) is 0 Å². The molecule has 376 valence electrons. The van der Waals surface area contributed by atoms with Crippen molar-refractivity contribution in [2.45, 2.75) is 189 Å². The number of hydrogen-bond acceptors (Lipinski definition) is 7. The first-order valence-corrected chi connectivity index (χ1v) is 25.9. The van der Waals surface area contributed by atoms with E-state index in [1.165, 1.54) is 88.5 Å². The van der Waals surface area contributed by atoms with E-state index in [1.807, 2.05) is 46.3 Å². The van der Waals surface area contributed by atoms with Crippen molar-refractivity contribution in [3.05, 3.63) is 43.3 Å². The molecule has 11 heteroatoms. The van der Waals surface area contributed by atoms with Gasteiger partial charge in [-0.3, -0.25) is 23.8 Å². The molecule has 0 unspecified atom stereocenters. The minimum Gasteiger partial charge on any atom is -0.390 e. The first-order chi connectivity index (χ1) is 30.4. The average molecular weight is 926 g/mol. The van der Waals surface area contributed by atoms with Gasteiger partial charge in [-0.1, -0.05) is 42.0 Å². The molecular formula is C56H96LiN5O5. The monoisotopic (exact) mass is 926 g/mol. The van der Waals surface area contributed by atoms with Gasteiger partial charge in [0.05, 0.1) is 18.3 Å². The Balaban J connectivity index is 0.000000234. The molecule has 10 nitrogen and oxygen atoms in total. The molecule has 2 N–H and O–H groups in total. The fraction of sp³-hybridized carbons (Fsp3) is 0.839. The molecule has 2 heterocycles. The largest absolute Gasteiger partial charge is 1.00 e. The van der Waals surface area contributed by atoms with Crippen molar-refractivity contribution < 1.29 is 43.5 Å². The van der Waals surface area contributed by atoms with Crippen LogP contribution in [-0.2, 0) is 23.7 Å². The summed E-state index contributed by atoms with van der Waals surface area (Å²) in [7, 11) is 7.12. The van der Waals surface area contributed by atoms with E-state index in [4.69, 9.17) is 4.84 Å². The van der Waals surface area contributed by atoms with Gasteiger partial charge in [0, 0.05) is 51.6 Å². The topological polar surface area (TPSA) is 123 Å². The van der Waals surface area contributed by atoms with E-state index < -0.39 is 11.2 Å². The fourth-order valence-electron chi connectivity index (χ4n) is 16.4. The van der Waals surface area contributed by atoms with Crippen LogP contribution in [0, 0.1) is 88.8 Å². The first kappa shape index (κ1) is 57.6. The van der Waals surface area contributed by atoms with Crippen LogP contribution >= 0.6 is 0 Å². The second-order valence-electron chi connectivity index (χ2n) is 23.5. The summed E-state index contributed by atoms with van der Waals surface area (Å²) in [5.41, 5.74) is 0.220. The van der Waals surface area contributed by atoms with E-state index in [9.17, 15) is 19.8 Å². The van der Waals surface area contributed by atoms with E-state index in [1.54, 1.807) is 35.9 Å². The Kier molecular flexibility index (Phi) is 20.2. The third-order valence-corrected chi connectivity index (χ3v) is 19.7. The summed E-state index contributed by atoms with van der Waals surface area (Å²) >= 11 is 0. The predicted molar refractivity (Wildman–Crippen MR) is 267 cm³/mol. The molecule has 8 aliphatic carbocycles. The Morgan fingerprint density at radius 3 is 1.60 bits per heavy atom. The van der Waals surface area contributed by atoms with Gasteiger partial charge < -0.3 is 17.1 Å². The number of Topliss-reactive ketones (excluding diaryl/α,β-unsaturated/α-hetero) is 1. The van der Waals surface area contributed by atoms with Gasteiger partial charge in [-0.05, 0) is 212 Å². The number of aromatic nitrogens is 4. The number of carbonyl (C=O) groups is 2. The van der Waals surface area contributed by atoms with Crippen LogP contribution in [0.3, 0.4) is 0 Å². The van der Waals surface area contributed by atoms with Crippen molar-refractivity contribution in [1.82, 2.24) is 24.6 Å². The van der Waals surface area contributed by atoms with Crippen molar-refractivity contribution in [2.75, 3.05) is 14.2 Å². The Hall–Kier alpha value is -1.96. The summed E-state index contributed by atoms with van der Waals surface area (Å²) in [5, 5.41) is 30.6. The summed E-state index contributed by atoms with van der Waals surface area (Å²) in [6.07, 6.45) is 28.7. The normalized spacial score (nSPS) is 40.8. The first-order valence-electron chi connectivity index (χ1n) is 25.9. The molecule has 8 aliphatic rings. The predicted octanol–water partition coefficient (Wildman–Crippen LogP) is 8.97. The number of amides is 1. The maximum absolute atomic E-state index is 13.4. The number of hydrogen-bond donors (Lipinski definition) is 2. The van der Waals surface area contributed by atoms with Gasteiger partial charge in [0.1, 0.15) is 5.69 Å². The summed E-state index contributed by atoms with van der Waals surface area (Å²) < 4.78 is 3.50. The van der Waals surface area contributed by atoms with E-state index >= 15 is 0 Å². The number of nitrogens with zero attached hydrogens (tertiary/aromatic N) is 5. The Labute approximate surface area is 420 Å². The molecule has 1 amide bonds. The van der Waals surface area contributed by atoms with Crippen LogP contribution < -0.4 is 18.9 Å².